The molecule has 0 atom stereocenters. The van der Waals surface area contributed by atoms with E-state index in [0.29, 0.717) is 11.3 Å². The zero-order valence-corrected chi connectivity index (χ0v) is 21.5. The van der Waals surface area contributed by atoms with Crippen molar-refractivity contribution in [2.24, 2.45) is 25.9 Å². The Morgan fingerprint density at radius 2 is 1.82 bits per heavy atom. The maximum absolute atomic E-state index is 12.2. The molecule has 0 amide bonds. The van der Waals surface area contributed by atoms with Crippen LogP contribution in [0.25, 0.3) is 0 Å². The first-order valence-corrected chi connectivity index (χ1v) is 12.6. The van der Waals surface area contributed by atoms with E-state index in [1.807, 2.05) is 12.1 Å². The summed E-state index contributed by atoms with van der Waals surface area (Å²) in [5.41, 5.74) is 11.7. The number of aliphatic imine (C=N–C) groups is 2. The summed E-state index contributed by atoms with van der Waals surface area (Å²) in [7, 11) is 0. The maximum atomic E-state index is 12.2. The van der Waals surface area contributed by atoms with Gasteiger partial charge in [-0.15, -0.1) is 18.3 Å². The molecule has 11 heteroatoms. The lowest BCUT2D eigenvalue weighted by Gasteiger charge is -2.35. The van der Waals surface area contributed by atoms with E-state index in [9.17, 15) is 13.2 Å². The van der Waals surface area contributed by atoms with Crippen LogP contribution in [0.5, 0.6) is 5.75 Å². The lowest BCUT2D eigenvalue weighted by molar-refractivity contribution is -0.274. The average Bonchev–Trinajstić information content (AvgIpc) is 2.87. The molecule has 3 aromatic carbocycles. The van der Waals surface area contributed by atoms with Crippen LogP contribution in [-0.4, -0.2) is 35.8 Å². The predicted octanol–water partition coefficient (Wildman–Crippen LogP) is 6.42. The number of benzene rings is 3. The Morgan fingerprint density at radius 1 is 1.08 bits per heavy atom. The van der Waals surface area contributed by atoms with Gasteiger partial charge in [0, 0.05) is 11.3 Å². The third kappa shape index (κ3) is 7.00. The Bertz CT molecular complexity index is 1380. The maximum Gasteiger partial charge on any atom is 0.573 e. The number of nitrogens with two attached hydrogens (primary N) is 1. The first-order chi connectivity index (χ1) is 18.2. The van der Waals surface area contributed by atoms with E-state index in [1.54, 1.807) is 30.1 Å². The monoisotopic (exact) mass is 538 g/mol. The molecule has 1 saturated heterocycles. The van der Waals surface area contributed by atoms with Crippen LogP contribution >= 0.6 is 11.8 Å². The Hall–Kier alpha value is -4.12. The second-order valence-corrected chi connectivity index (χ2v) is 9.10. The van der Waals surface area contributed by atoms with E-state index < -0.39 is 6.36 Å². The summed E-state index contributed by atoms with van der Waals surface area (Å²) in [4.78, 5) is 10.3. The van der Waals surface area contributed by atoms with Gasteiger partial charge in [-0.05, 0) is 54.3 Å². The minimum atomic E-state index is -4.74. The standard InChI is InChI=1S/C27H25F3N6OS/c1-3-20-6-4-5-18(2)24(20)36-17-38-26(36)35-34-15-19-7-9-21(10-8-19)25(31)33-16-32-22-11-13-23(14-12-22)37-27(28,29)30/h4-16H,3,17H2,1-2H3,(H2,31,32,33)/b34-15-,35-26+. The minimum absolute atomic E-state index is 0.237. The summed E-state index contributed by atoms with van der Waals surface area (Å²) >= 11 is 1.65. The van der Waals surface area contributed by atoms with Gasteiger partial charge in [0.05, 0.1) is 17.8 Å². The summed E-state index contributed by atoms with van der Waals surface area (Å²) in [5, 5.41) is 9.51. The highest BCUT2D eigenvalue weighted by molar-refractivity contribution is 8.16. The number of anilines is 1. The largest absolute Gasteiger partial charge is 0.573 e. The van der Waals surface area contributed by atoms with Gasteiger partial charge in [0.2, 0.25) is 0 Å². The van der Waals surface area contributed by atoms with E-state index in [2.05, 4.69) is 61.9 Å². The number of alkyl halides is 3. The molecule has 0 aromatic heterocycles. The molecule has 0 bridgehead atoms. The molecule has 1 fully saturated rings. The molecular weight excluding hydrogens is 513 g/mol. The van der Waals surface area contributed by atoms with Gasteiger partial charge in [0.1, 0.15) is 17.9 Å². The predicted molar refractivity (Wildman–Crippen MR) is 149 cm³/mol. The number of hydrogen-bond donors (Lipinski definition) is 1. The lowest BCUT2D eigenvalue weighted by Crippen LogP contribution is -2.39. The third-order valence-corrected chi connectivity index (χ3v) is 6.50. The van der Waals surface area contributed by atoms with Crippen LogP contribution in [0.4, 0.5) is 24.5 Å². The number of para-hydroxylation sites is 1. The number of nitrogens with zero attached hydrogens (tertiary/aromatic N) is 5. The quantitative estimate of drug-likeness (QED) is 0.204. The fraction of sp³-hybridized carbons (Fsp3) is 0.185. The summed E-state index contributed by atoms with van der Waals surface area (Å²) in [5.74, 6) is 0.761. The number of hydrogen-bond acceptors (Lipinski definition) is 5. The van der Waals surface area contributed by atoms with Gasteiger partial charge in [-0.3, -0.25) is 0 Å². The van der Waals surface area contributed by atoms with Gasteiger partial charge in [-0.1, -0.05) is 61.2 Å². The van der Waals surface area contributed by atoms with Crippen LogP contribution in [-0.2, 0) is 6.42 Å². The Morgan fingerprint density at radius 3 is 2.45 bits per heavy atom. The molecule has 2 N–H and O–H groups in total. The lowest BCUT2D eigenvalue weighted by atomic mass is 10.1. The molecule has 0 aliphatic carbocycles. The summed E-state index contributed by atoms with van der Waals surface area (Å²) in [6.07, 6.45) is -0.878. The van der Waals surface area contributed by atoms with Crippen molar-refractivity contribution < 1.29 is 17.9 Å². The van der Waals surface area contributed by atoms with Gasteiger partial charge in [-0.25, -0.2) is 9.98 Å². The number of thioether (sulfide) groups is 1. The molecule has 1 aliphatic rings. The first-order valence-electron chi connectivity index (χ1n) is 11.7. The van der Waals surface area contributed by atoms with E-state index in [-0.39, 0.29) is 11.6 Å². The molecule has 196 valence electrons. The topological polar surface area (TPSA) is 87.9 Å². The number of ether oxygens (including phenoxy) is 1. The molecule has 3 aromatic rings. The normalized spacial score (nSPS) is 15.4. The van der Waals surface area contributed by atoms with Crippen LogP contribution < -0.4 is 15.4 Å². The SMILES string of the molecule is CCc1cccc(C)c1N1CS/C1=N/N=C\c1ccc(C(N)=NC=Nc2ccc(OC(F)(F)F)cc2)cc1. The Labute approximate surface area is 222 Å². The second-order valence-electron chi connectivity index (χ2n) is 8.19. The van der Waals surface area contributed by atoms with Crippen molar-refractivity contribution >= 4 is 46.7 Å². The molecule has 38 heavy (non-hydrogen) atoms. The van der Waals surface area contributed by atoms with Crippen LogP contribution in [0.1, 0.15) is 29.2 Å². The molecule has 0 unspecified atom stereocenters. The van der Waals surface area contributed by atoms with Crippen molar-refractivity contribution in [3.63, 3.8) is 0 Å². The van der Waals surface area contributed by atoms with Crippen LogP contribution in [0, 0.1) is 6.92 Å². The number of amidine groups is 2. The summed E-state index contributed by atoms with van der Waals surface area (Å²) in [6.45, 7) is 4.25. The number of halogens is 3. The highest BCUT2D eigenvalue weighted by Gasteiger charge is 2.31. The first kappa shape index (κ1) is 26.9. The molecule has 1 heterocycles. The van der Waals surface area contributed by atoms with Crippen LogP contribution in [0.3, 0.4) is 0 Å². The van der Waals surface area contributed by atoms with Gasteiger partial charge in [0.25, 0.3) is 0 Å². The van der Waals surface area contributed by atoms with Crippen LogP contribution in [0.15, 0.2) is 86.9 Å². The molecule has 0 spiro atoms. The fourth-order valence-corrected chi connectivity index (χ4v) is 4.37. The molecule has 1 aliphatic heterocycles. The van der Waals surface area contributed by atoms with Crippen molar-refractivity contribution in [3.05, 3.63) is 89.0 Å². The van der Waals surface area contributed by atoms with Gasteiger partial charge >= 0.3 is 6.36 Å². The van der Waals surface area contributed by atoms with E-state index in [0.717, 1.165) is 23.0 Å². The highest BCUT2D eigenvalue weighted by atomic mass is 32.2. The number of rotatable bonds is 8. The summed E-state index contributed by atoms with van der Waals surface area (Å²) < 4.78 is 40.5. The third-order valence-electron chi connectivity index (χ3n) is 5.56. The Balaban J connectivity index is 1.35. The van der Waals surface area contributed by atoms with E-state index in [4.69, 9.17) is 5.73 Å². The molecule has 0 saturated carbocycles. The van der Waals surface area contributed by atoms with Crippen molar-refractivity contribution in [1.29, 1.82) is 0 Å². The highest BCUT2D eigenvalue weighted by Crippen LogP contribution is 2.35. The van der Waals surface area contributed by atoms with Crippen molar-refractivity contribution in [1.82, 2.24) is 0 Å². The minimum Gasteiger partial charge on any atom is -0.406 e. The fourth-order valence-electron chi connectivity index (χ4n) is 3.67. The number of aryl methyl sites for hydroxylation is 2. The van der Waals surface area contributed by atoms with Crippen LogP contribution in [0.2, 0.25) is 0 Å². The Kier molecular flexibility index (Phi) is 8.47. The van der Waals surface area contributed by atoms with Gasteiger partial charge in [-0.2, -0.15) is 5.10 Å². The van der Waals surface area contributed by atoms with Crippen molar-refractivity contribution in [3.8, 4) is 5.75 Å². The second kappa shape index (κ2) is 12.0. The van der Waals surface area contributed by atoms with Crippen molar-refractivity contribution in [2.75, 3.05) is 10.8 Å². The van der Waals surface area contributed by atoms with Crippen molar-refractivity contribution in [2.45, 2.75) is 26.6 Å². The molecule has 0 radical (unpaired) electrons. The smallest absolute Gasteiger partial charge is 0.406 e. The van der Waals surface area contributed by atoms with Gasteiger partial charge in [0.15, 0.2) is 5.17 Å². The molecular formula is C27H25F3N6OS. The zero-order chi connectivity index (χ0) is 27.1. The van der Waals surface area contributed by atoms with Gasteiger partial charge < -0.3 is 15.4 Å². The zero-order valence-electron chi connectivity index (χ0n) is 20.7. The summed E-state index contributed by atoms with van der Waals surface area (Å²) in [6, 6.07) is 18.7. The average molecular weight is 539 g/mol. The van der Waals surface area contributed by atoms with E-state index >= 15 is 0 Å². The molecule has 7 nitrogen and oxygen atoms in total. The molecule has 4 rings (SSSR count). The van der Waals surface area contributed by atoms with E-state index in [1.165, 1.54) is 47.4 Å².